The lowest BCUT2D eigenvalue weighted by Gasteiger charge is -1.86. The molecule has 8 heavy (non-hydrogen) atoms. The fourth-order valence-corrected chi connectivity index (χ4v) is 0.701. The predicted molar refractivity (Wildman–Crippen MR) is 32.0 cm³/mol. The van der Waals surface area contributed by atoms with E-state index in [1.54, 1.807) is 0 Å². The zero-order valence-corrected chi connectivity index (χ0v) is 6.65. The average molecular weight is 201 g/mol. The quantitative estimate of drug-likeness (QED) is 0.384. The molecule has 0 rings (SSSR count). The Bertz CT molecular complexity index is 76.9. The van der Waals surface area contributed by atoms with Crippen molar-refractivity contribution >= 4 is 24.2 Å². The van der Waals surface area contributed by atoms with Crippen LogP contribution < -0.4 is 4.89 Å². The van der Waals surface area contributed by atoms with Crippen LogP contribution in [0.15, 0.2) is 0 Å². The van der Waals surface area contributed by atoms with Crippen LogP contribution in [0, 0.1) is 0 Å². The molecular formula is C3H6BrO3P. The molecule has 5 heteroatoms. The summed E-state index contributed by atoms with van der Waals surface area (Å²) in [5.41, 5.74) is 0. The fourth-order valence-electron chi connectivity index (χ4n) is 0.194. The Morgan fingerprint density at radius 3 is 2.75 bits per heavy atom. The Kier molecular flexibility index (Phi) is 5.99. The van der Waals surface area contributed by atoms with Crippen LogP contribution in [-0.2, 0) is 9.09 Å². The van der Waals surface area contributed by atoms with Gasteiger partial charge in [-0.05, 0) is 11.0 Å². The molecule has 0 saturated heterocycles. The van der Waals surface area contributed by atoms with E-state index in [4.69, 9.17) is 0 Å². The monoisotopic (exact) mass is 200 g/mol. The number of rotatable bonds is 4. The Hall–Kier alpha value is 0.500. The Balaban J connectivity index is 2.82. The van der Waals surface area contributed by atoms with E-state index in [-0.39, 0.29) is 6.61 Å². The molecule has 0 spiro atoms. The van der Waals surface area contributed by atoms with E-state index < -0.39 is 8.25 Å². The van der Waals surface area contributed by atoms with Crippen LogP contribution >= 0.6 is 24.2 Å². The van der Waals surface area contributed by atoms with Crippen molar-refractivity contribution in [1.29, 1.82) is 0 Å². The van der Waals surface area contributed by atoms with Gasteiger partial charge < -0.3 is 4.89 Å². The van der Waals surface area contributed by atoms with Crippen LogP contribution in [0.25, 0.3) is 0 Å². The highest BCUT2D eigenvalue weighted by Crippen LogP contribution is 2.08. The van der Waals surface area contributed by atoms with E-state index in [0.29, 0.717) is 0 Å². The van der Waals surface area contributed by atoms with Crippen molar-refractivity contribution in [3.8, 4) is 0 Å². The number of hydrogen-bond donors (Lipinski definition) is 0. The van der Waals surface area contributed by atoms with Crippen LogP contribution in [0.2, 0.25) is 0 Å². The first kappa shape index (κ1) is 8.50. The number of hydrogen-bond acceptors (Lipinski definition) is 3. The summed E-state index contributed by atoms with van der Waals surface area (Å²) in [6.45, 7) is 0.282. The van der Waals surface area contributed by atoms with E-state index in [1.807, 2.05) is 0 Å². The van der Waals surface area contributed by atoms with E-state index in [0.717, 1.165) is 11.8 Å². The van der Waals surface area contributed by atoms with Crippen LogP contribution in [0.5, 0.6) is 0 Å². The van der Waals surface area contributed by atoms with E-state index in [2.05, 4.69) is 20.5 Å². The Morgan fingerprint density at radius 1 is 1.75 bits per heavy atom. The summed E-state index contributed by atoms with van der Waals surface area (Å²) in [6, 6.07) is 0. The summed E-state index contributed by atoms with van der Waals surface area (Å²) < 4.78 is 13.9. The first-order chi connectivity index (χ1) is 3.77. The molecule has 1 unspecified atom stereocenters. The zero-order chi connectivity index (χ0) is 6.41. The molecule has 0 aromatic rings. The maximum absolute atomic E-state index is 9.67. The number of halogens is 1. The van der Waals surface area contributed by atoms with Crippen LogP contribution in [0.3, 0.4) is 0 Å². The minimum absolute atomic E-state index is 0.282. The topological polar surface area (TPSA) is 49.4 Å². The van der Waals surface area contributed by atoms with E-state index in [9.17, 15) is 9.46 Å². The maximum atomic E-state index is 9.67. The predicted octanol–water partition coefficient (Wildman–Crippen LogP) is 0.806. The highest BCUT2D eigenvalue weighted by Gasteiger charge is 1.97. The van der Waals surface area contributed by atoms with Crippen molar-refractivity contribution in [3.63, 3.8) is 0 Å². The molecule has 0 aliphatic carbocycles. The lowest BCUT2D eigenvalue weighted by molar-refractivity contribution is -0.185. The van der Waals surface area contributed by atoms with Gasteiger partial charge in [0.05, 0.1) is 0 Å². The van der Waals surface area contributed by atoms with Gasteiger partial charge in [-0.2, -0.15) is 0 Å². The molecule has 0 bridgehead atoms. The van der Waals surface area contributed by atoms with Gasteiger partial charge in [-0.25, -0.2) is 0 Å². The molecule has 48 valence electrons. The molecule has 0 aromatic heterocycles. The van der Waals surface area contributed by atoms with Gasteiger partial charge in [-0.3, -0.25) is 0 Å². The average Bonchev–Trinajstić information content (AvgIpc) is 1.66. The molecule has 0 aliphatic rings. The van der Waals surface area contributed by atoms with Crippen molar-refractivity contribution in [2.24, 2.45) is 0 Å². The Labute approximate surface area is 57.1 Å². The van der Waals surface area contributed by atoms with Crippen LogP contribution in [-0.4, -0.2) is 11.9 Å². The van der Waals surface area contributed by atoms with Crippen LogP contribution in [0.1, 0.15) is 6.42 Å². The maximum Gasteiger partial charge on any atom is 0.488 e. The number of alkyl halides is 1. The lowest BCUT2D eigenvalue weighted by Crippen LogP contribution is -1.93. The molecule has 0 N–H and O–H groups in total. The molecule has 0 saturated carbocycles. The molecule has 0 fully saturated rings. The van der Waals surface area contributed by atoms with Crippen LogP contribution in [0.4, 0.5) is 0 Å². The van der Waals surface area contributed by atoms with Crippen molar-refractivity contribution in [3.05, 3.63) is 0 Å². The van der Waals surface area contributed by atoms with E-state index in [1.165, 1.54) is 0 Å². The summed E-state index contributed by atoms with van der Waals surface area (Å²) in [6.07, 6.45) is 0.726. The molecule has 0 amide bonds. The second-order valence-corrected chi connectivity index (χ2v) is 2.60. The molecular weight excluding hydrogens is 195 g/mol. The van der Waals surface area contributed by atoms with Crippen molar-refractivity contribution in [1.82, 2.24) is 0 Å². The van der Waals surface area contributed by atoms with Crippen molar-refractivity contribution in [2.45, 2.75) is 6.42 Å². The fraction of sp³-hybridized carbons (Fsp3) is 1.00. The third-order valence-corrected chi connectivity index (χ3v) is 1.43. The highest BCUT2D eigenvalue weighted by atomic mass is 79.9. The first-order valence-electron chi connectivity index (χ1n) is 2.10. The first-order valence-corrected chi connectivity index (χ1v) is 4.32. The second-order valence-electron chi connectivity index (χ2n) is 1.10. The minimum Gasteiger partial charge on any atom is -0.566 e. The SMILES string of the molecule is O=[P+]([O-])OCCCBr. The smallest absolute Gasteiger partial charge is 0.488 e. The minimum atomic E-state index is -2.63. The van der Waals surface area contributed by atoms with Gasteiger partial charge in [0, 0.05) is 5.33 Å². The summed E-state index contributed by atoms with van der Waals surface area (Å²) in [4.78, 5) is 9.67. The van der Waals surface area contributed by atoms with Gasteiger partial charge in [0.1, 0.15) is 6.61 Å². The Morgan fingerprint density at radius 2 is 2.38 bits per heavy atom. The molecule has 1 atom stereocenters. The molecule has 0 aliphatic heterocycles. The molecule has 0 heterocycles. The summed E-state index contributed by atoms with van der Waals surface area (Å²) in [5.74, 6) is 0. The molecule has 0 aromatic carbocycles. The van der Waals surface area contributed by atoms with E-state index >= 15 is 0 Å². The largest absolute Gasteiger partial charge is 0.566 e. The van der Waals surface area contributed by atoms with Gasteiger partial charge >= 0.3 is 8.25 Å². The normalized spacial score (nSPS) is 11.5. The van der Waals surface area contributed by atoms with Gasteiger partial charge in [0.15, 0.2) is 0 Å². The third kappa shape index (κ3) is 6.50. The molecule has 0 radical (unpaired) electrons. The lowest BCUT2D eigenvalue weighted by atomic mass is 10.5. The summed E-state index contributed by atoms with van der Waals surface area (Å²) in [7, 11) is -2.63. The van der Waals surface area contributed by atoms with Gasteiger partial charge in [0.25, 0.3) is 0 Å². The summed E-state index contributed by atoms with van der Waals surface area (Å²) in [5, 5.41) is 0.774. The van der Waals surface area contributed by atoms with Gasteiger partial charge in [0.2, 0.25) is 0 Å². The van der Waals surface area contributed by atoms with Crippen molar-refractivity contribution in [2.75, 3.05) is 11.9 Å². The zero-order valence-electron chi connectivity index (χ0n) is 4.17. The third-order valence-electron chi connectivity index (χ3n) is 0.475. The highest BCUT2D eigenvalue weighted by molar-refractivity contribution is 9.09. The van der Waals surface area contributed by atoms with Gasteiger partial charge in [-0.1, -0.05) is 15.9 Å². The van der Waals surface area contributed by atoms with Gasteiger partial charge in [-0.15, -0.1) is 4.52 Å². The second kappa shape index (κ2) is 5.63. The molecule has 3 nitrogen and oxygen atoms in total. The van der Waals surface area contributed by atoms with Crippen molar-refractivity contribution < 1.29 is 14.0 Å². The standard InChI is InChI=1S/C3H6BrO3P/c4-2-1-3-7-8(5)6/h1-3H2. The summed E-state index contributed by atoms with van der Waals surface area (Å²) >= 11 is 3.12.